The van der Waals surface area contributed by atoms with Crippen molar-refractivity contribution in [2.24, 2.45) is 5.73 Å². The van der Waals surface area contributed by atoms with E-state index in [-0.39, 0.29) is 23.8 Å². The largest absolute Gasteiger partial charge is 0.508 e. The van der Waals surface area contributed by atoms with E-state index < -0.39 is 36.4 Å². The van der Waals surface area contributed by atoms with Gasteiger partial charge in [-0.2, -0.15) is 0 Å². The zero-order valence-corrected chi connectivity index (χ0v) is 23.4. The first-order valence-corrected chi connectivity index (χ1v) is 13.3. The Balaban J connectivity index is 1.71. The van der Waals surface area contributed by atoms with E-state index in [1.807, 2.05) is 0 Å². The molecule has 1 aliphatic rings. The summed E-state index contributed by atoms with van der Waals surface area (Å²) in [6.07, 6.45) is -1.06. The second-order valence-corrected chi connectivity index (χ2v) is 10.1. The predicted molar refractivity (Wildman–Crippen MR) is 158 cm³/mol. The standard InChI is InChI=1S/C31H34N4O7/c1-17(32)29(39)33-18(2)31(41)35(16-22-14-28(38)42-27-15-23(37)12-13-24(22)27)26-7-5-4-6-25(26)34-30(40)21-10-8-20(9-11-21)19(3)36/h4-15,17-18,28,30,34,37-38,40H,16,32H2,1-3H3,(H,33,39). The van der Waals surface area contributed by atoms with Crippen LogP contribution in [0.3, 0.4) is 0 Å². The maximum absolute atomic E-state index is 13.9. The number of carbonyl (C=O) groups is 3. The molecule has 0 saturated carbocycles. The van der Waals surface area contributed by atoms with E-state index in [4.69, 9.17) is 10.5 Å². The number of ether oxygens (including phenoxy) is 1. The molecule has 0 fully saturated rings. The molecule has 1 aliphatic heterocycles. The highest BCUT2D eigenvalue weighted by atomic mass is 16.6. The lowest BCUT2D eigenvalue weighted by molar-refractivity contribution is -0.127. The Morgan fingerprint density at radius 1 is 1.05 bits per heavy atom. The van der Waals surface area contributed by atoms with Crippen molar-refractivity contribution in [3.05, 3.63) is 89.5 Å². The number of phenols is 1. The second-order valence-electron chi connectivity index (χ2n) is 10.1. The SMILES string of the molecule is CC(=O)c1ccc(C(O)Nc2ccccc2N(CC2=CC(O)Oc3cc(O)ccc32)C(=O)C(C)NC(=O)C(C)N)cc1. The Kier molecular flexibility index (Phi) is 9.26. The molecule has 4 atom stereocenters. The van der Waals surface area contributed by atoms with Gasteiger partial charge in [-0.3, -0.25) is 14.4 Å². The number of nitrogens with two attached hydrogens (primary N) is 1. The molecule has 0 aromatic heterocycles. The summed E-state index contributed by atoms with van der Waals surface area (Å²) in [6.45, 7) is 4.44. The van der Waals surface area contributed by atoms with Crippen LogP contribution in [-0.4, -0.2) is 57.8 Å². The molecule has 11 nitrogen and oxygen atoms in total. The number of para-hydroxylation sites is 2. The zero-order valence-electron chi connectivity index (χ0n) is 23.4. The summed E-state index contributed by atoms with van der Waals surface area (Å²) in [7, 11) is 0. The van der Waals surface area contributed by atoms with Crippen LogP contribution in [0, 0.1) is 0 Å². The zero-order chi connectivity index (χ0) is 30.6. The van der Waals surface area contributed by atoms with Gasteiger partial charge in [0.2, 0.25) is 18.1 Å². The Labute approximate surface area is 243 Å². The van der Waals surface area contributed by atoms with Crippen LogP contribution in [0.15, 0.2) is 72.8 Å². The van der Waals surface area contributed by atoms with Crippen LogP contribution in [0.2, 0.25) is 0 Å². The third-order valence-corrected chi connectivity index (χ3v) is 6.76. The number of hydrogen-bond donors (Lipinski definition) is 6. The van der Waals surface area contributed by atoms with Crippen molar-refractivity contribution >= 4 is 34.5 Å². The lowest BCUT2D eigenvalue weighted by atomic mass is 10.0. The number of ketones is 1. The lowest BCUT2D eigenvalue weighted by Gasteiger charge is -2.32. The Morgan fingerprint density at radius 3 is 2.40 bits per heavy atom. The van der Waals surface area contributed by atoms with Crippen LogP contribution < -0.4 is 26.0 Å². The molecule has 2 amide bonds. The fourth-order valence-electron chi connectivity index (χ4n) is 4.49. The number of nitrogens with one attached hydrogen (secondary N) is 2. The Hall–Kier alpha value is -4.71. The van der Waals surface area contributed by atoms with Crippen molar-refractivity contribution in [1.82, 2.24) is 5.32 Å². The van der Waals surface area contributed by atoms with Gasteiger partial charge in [0.15, 0.2) is 12.0 Å². The molecule has 11 heteroatoms. The number of nitrogens with zero attached hydrogens (tertiary/aromatic N) is 1. The smallest absolute Gasteiger partial charge is 0.249 e. The molecule has 1 heterocycles. The van der Waals surface area contributed by atoms with Gasteiger partial charge >= 0.3 is 0 Å². The number of phenolic OH excluding ortho intramolecular Hbond substituents is 1. The summed E-state index contributed by atoms with van der Waals surface area (Å²) in [5.74, 6) is -0.907. The van der Waals surface area contributed by atoms with Gasteiger partial charge in [-0.1, -0.05) is 36.4 Å². The van der Waals surface area contributed by atoms with Crippen LogP contribution in [0.5, 0.6) is 11.5 Å². The van der Waals surface area contributed by atoms with Gasteiger partial charge in [0.05, 0.1) is 24.0 Å². The van der Waals surface area contributed by atoms with E-state index in [0.29, 0.717) is 33.6 Å². The molecule has 3 aromatic rings. The normalized spacial score (nSPS) is 16.1. The van der Waals surface area contributed by atoms with Crippen LogP contribution in [0.25, 0.3) is 5.57 Å². The molecule has 4 rings (SSSR count). The average Bonchev–Trinajstić information content (AvgIpc) is 2.95. The van der Waals surface area contributed by atoms with Gasteiger partial charge < -0.3 is 41.3 Å². The minimum absolute atomic E-state index is 0.0535. The maximum Gasteiger partial charge on any atom is 0.249 e. The summed E-state index contributed by atoms with van der Waals surface area (Å²) in [5, 5.41) is 36.9. The van der Waals surface area contributed by atoms with E-state index in [9.17, 15) is 29.7 Å². The lowest BCUT2D eigenvalue weighted by Crippen LogP contribution is -2.51. The first-order chi connectivity index (χ1) is 19.9. The van der Waals surface area contributed by atoms with Crippen LogP contribution in [-0.2, 0) is 9.59 Å². The van der Waals surface area contributed by atoms with Crippen molar-refractivity contribution in [3.8, 4) is 11.5 Å². The van der Waals surface area contributed by atoms with Crippen molar-refractivity contribution in [1.29, 1.82) is 0 Å². The Morgan fingerprint density at radius 2 is 1.74 bits per heavy atom. The second kappa shape index (κ2) is 12.9. The third kappa shape index (κ3) is 6.95. The summed E-state index contributed by atoms with van der Waals surface area (Å²) >= 11 is 0. The molecule has 3 aromatic carbocycles. The topological polar surface area (TPSA) is 174 Å². The van der Waals surface area contributed by atoms with Crippen molar-refractivity contribution < 1.29 is 34.4 Å². The molecule has 0 spiro atoms. The number of aliphatic hydroxyl groups is 2. The number of aliphatic hydroxyl groups excluding tert-OH is 2. The summed E-state index contributed by atoms with van der Waals surface area (Å²) in [4.78, 5) is 39.3. The number of amides is 2. The monoisotopic (exact) mass is 574 g/mol. The van der Waals surface area contributed by atoms with Crippen LogP contribution >= 0.6 is 0 Å². The number of anilines is 2. The van der Waals surface area contributed by atoms with Gasteiger partial charge in [-0.25, -0.2) is 0 Å². The molecule has 42 heavy (non-hydrogen) atoms. The highest BCUT2D eigenvalue weighted by Gasteiger charge is 2.29. The average molecular weight is 575 g/mol. The molecule has 0 bridgehead atoms. The first kappa shape index (κ1) is 30.3. The van der Waals surface area contributed by atoms with Gasteiger partial charge in [0, 0.05) is 22.8 Å². The van der Waals surface area contributed by atoms with E-state index in [2.05, 4.69) is 10.6 Å². The van der Waals surface area contributed by atoms with Gasteiger partial charge in [-0.15, -0.1) is 0 Å². The number of rotatable bonds is 10. The maximum atomic E-state index is 13.9. The van der Waals surface area contributed by atoms with Crippen molar-refractivity contribution in [2.75, 3.05) is 16.8 Å². The summed E-state index contributed by atoms with van der Waals surface area (Å²) in [6, 6.07) is 16.0. The predicted octanol–water partition coefficient (Wildman–Crippen LogP) is 2.68. The Bertz CT molecular complexity index is 1500. The quantitative estimate of drug-likeness (QED) is 0.157. The van der Waals surface area contributed by atoms with E-state index in [1.165, 1.54) is 43.9 Å². The van der Waals surface area contributed by atoms with Crippen LogP contribution in [0.1, 0.15) is 48.5 Å². The summed E-state index contributed by atoms with van der Waals surface area (Å²) in [5.41, 5.74) is 8.56. The van der Waals surface area contributed by atoms with Gasteiger partial charge in [0.25, 0.3) is 0 Å². The molecule has 0 saturated heterocycles. The first-order valence-electron chi connectivity index (χ1n) is 13.3. The molecule has 0 radical (unpaired) electrons. The minimum atomic E-state index is -1.32. The number of benzene rings is 3. The fraction of sp³-hybridized carbons (Fsp3) is 0.258. The fourth-order valence-corrected chi connectivity index (χ4v) is 4.49. The van der Waals surface area contributed by atoms with Crippen LogP contribution in [0.4, 0.5) is 11.4 Å². The van der Waals surface area contributed by atoms with E-state index in [0.717, 1.165) is 0 Å². The van der Waals surface area contributed by atoms with Gasteiger partial charge in [0.1, 0.15) is 17.5 Å². The highest BCUT2D eigenvalue weighted by Crippen LogP contribution is 2.37. The molecule has 220 valence electrons. The highest BCUT2D eigenvalue weighted by molar-refractivity contribution is 6.03. The number of hydrogen-bond acceptors (Lipinski definition) is 9. The van der Waals surface area contributed by atoms with Crippen molar-refractivity contribution in [2.45, 2.75) is 45.4 Å². The molecule has 7 N–H and O–H groups in total. The van der Waals surface area contributed by atoms with Crippen molar-refractivity contribution in [3.63, 3.8) is 0 Å². The minimum Gasteiger partial charge on any atom is -0.508 e. The molecular formula is C31H34N4O7. The third-order valence-electron chi connectivity index (χ3n) is 6.76. The molecule has 0 aliphatic carbocycles. The number of carbonyl (C=O) groups excluding carboxylic acids is 3. The van der Waals surface area contributed by atoms with E-state index >= 15 is 0 Å². The number of fused-ring (bicyclic) bond motifs is 1. The van der Waals surface area contributed by atoms with Gasteiger partial charge in [-0.05, 0) is 56.7 Å². The number of Topliss-reactive ketones (excluding diaryl/α,β-unsaturated/α-hetero) is 1. The molecular weight excluding hydrogens is 540 g/mol. The number of aromatic hydroxyl groups is 1. The van der Waals surface area contributed by atoms with E-state index in [1.54, 1.807) is 54.6 Å². The molecule has 4 unspecified atom stereocenters. The summed E-state index contributed by atoms with van der Waals surface area (Å²) < 4.78 is 5.44.